The minimum absolute atomic E-state index is 0.215. The summed E-state index contributed by atoms with van der Waals surface area (Å²) in [6.45, 7) is 14.7. The zero-order valence-electron chi connectivity index (χ0n) is 22.0. The number of carboxylic acid groups (broad SMARTS) is 1. The molecule has 0 spiro atoms. The average Bonchev–Trinajstić information content (AvgIpc) is 2.67. The molecule has 0 heterocycles. The van der Waals surface area contributed by atoms with E-state index in [1.54, 1.807) is 0 Å². The molecule has 0 aliphatic carbocycles. The number of hydrogen-bond donors (Lipinski definition) is 1. The zero-order valence-corrected chi connectivity index (χ0v) is 22.0. The Morgan fingerprint density at radius 1 is 0.812 bits per heavy atom. The summed E-state index contributed by atoms with van der Waals surface area (Å²) in [6.07, 6.45) is 13.6. The molecular formula is C29H49O3-. The van der Waals surface area contributed by atoms with E-state index in [-0.39, 0.29) is 10.8 Å². The van der Waals surface area contributed by atoms with Gasteiger partial charge in [0.1, 0.15) is 5.75 Å². The molecule has 0 radical (unpaired) electrons. The number of unbranched alkanes of at least 4 members (excludes halogenated alkanes) is 9. The summed E-state index contributed by atoms with van der Waals surface area (Å²) >= 11 is 0. The van der Waals surface area contributed by atoms with Crippen LogP contribution in [0.2, 0.25) is 0 Å². The monoisotopic (exact) mass is 445 g/mol. The Balaban J connectivity index is 2.69. The van der Waals surface area contributed by atoms with E-state index in [1.807, 2.05) is 12.1 Å². The first-order chi connectivity index (χ1) is 14.9. The van der Waals surface area contributed by atoms with E-state index in [1.165, 1.54) is 51.4 Å². The minimum atomic E-state index is -0.955. The van der Waals surface area contributed by atoms with E-state index in [4.69, 9.17) is 0 Å². The predicted molar refractivity (Wildman–Crippen MR) is 134 cm³/mol. The van der Waals surface area contributed by atoms with Gasteiger partial charge in [-0.1, -0.05) is 125 Å². The van der Waals surface area contributed by atoms with Crippen LogP contribution in [0.3, 0.4) is 0 Å². The van der Waals surface area contributed by atoms with Crippen LogP contribution in [-0.2, 0) is 22.0 Å². The van der Waals surface area contributed by atoms with E-state index in [9.17, 15) is 15.0 Å². The molecule has 32 heavy (non-hydrogen) atoms. The smallest absolute Gasteiger partial charge is 0.123 e. The Hall–Kier alpha value is -1.51. The molecule has 0 bridgehead atoms. The van der Waals surface area contributed by atoms with Crippen molar-refractivity contribution in [2.75, 3.05) is 0 Å². The molecule has 1 unspecified atom stereocenters. The van der Waals surface area contributed by atoms with Crippen molar-refractivity contribution >= 4 is 5.97 Å². The second-order valence-corrected chi connectivity index (χ2v) is 11.7. The van der Waals surface area contributed by atoms with Crippen molar-refractivity contribution in [3.63, 3.8) is 0 Å². The molecule has 0 aromatic heterocycles. The molecule has 0 saturated heterocycles. The molecule has 1 rings (SSSR count). The van der Waals surface area contributed by atoms with E-state index in [2.05, 4.69) is 48.5 Å². The van der Waals surface area contributed by atoms with E-state index < -0.39 is 11.9 Å². The van der Waals surface area contributed by atoms with Gasteiger partial charge in [0.25, 0.3) is 0 Å². The van der Waals surface area contributed by atoms with Crippen molar-refractivity contribution in [1.82, 2.24) is 0 Å². The van der Waals surface area contributed by atoms with Gasteiger partial charge in [0.2, 0.25) is 0 Å². The highest BCUT2D eigenvalue weighted by molar-refractivity contribution is 5.68. The molecule has 1 N–H and O–H groups in total. The van der Waals surface area contributed by atoms with Gasteiger partial charge < -0.3 is 15.0 Å². The van der Waals surface area contributed by atoms with Crippen LogP contribution >= 0.6 is 0 Å². The summed E-state index contributed by atoms with van der Waals surface area (Å²) in [5, 5.41) is 22.8. The van der Waals surface area contributed by atoms with E-state index in [0.717, 1.165) is 29.5 Å². The van der Waals surface area contributed by atoms with Gasteiger partial charge in [-0.3, -0.25) is 0 Å². The highest BCUT2D eigenvalue weighted by Gasteiger charge is 2.27. The second kappa shape index (κ2) is 13.3. The average molecular weight is 446 g/mol. The fraction of sp³-hybridized carbons (Fsp3) is 0.759. The molecule has 184 valence electrons. The van der Waals surface area contributed by atoms with Crippen molar-refractivity contribution < 1.29 is 15.0 Å². The third kappa shape index (κ3) is 9.96. The third-order valence-corrected chi connectivity index (χ3v) is 6.51. The highest BCUT2D eigenvalue weighted by Crippen LogP contribution is 2.40. The van der Waals surface area contributed by atoms with Gasteiger partial charge in [-0.15, -0.1) is 0 Å². The standard InChI is InChI=1S/C29H50O3/c1-8-9-10-11-12-13-14-15-16-17-18-23(27(31)32)19-22-20-24(28(2,3)4)26(30)25(21-22)29(5,6)7/h20-21,23,30H,8-19H2,1-7H3,(H,31,32)/p-1. The van der Waals surface area contributed by atoms with Crippen LogP contribution in [0.4, 0.5) is 0 Å². The SMILES string of the molecule is CCCCCCCCCCCCC(Cc1cc(C(C)(C)C)c(O)c(C(C)(C)C)c1)C(=O)[O-]. The van der Waals surface area contributed by atoms with Crippen molar-refractivity contribution in [3.8, 4) is 5.75 Å². The Bertz CT molecular complexity index is 656. The van der Waals surface area contributed by atoms with Crippen LogP contribution in [0.25, 0.3) is 0 Å². The molecule has 1 aromatic carbocycles. The fourth-order valence-corrected chi connectivity index (χ4v) is 4.42. The van der Waals surface area contributed by atoms with Crippen LogP contribution in [0, 0.1) is 5.92 Å². The van der Waals surface area contributed by atoms with Gasteiger partial charge in [-0.25, -0.2) is 0 Å². The number of carboxylic acids is 1. The first-order valence-corrected chi connectivity index (χ1v) is 13.0. The quantitative estimate of drug-likeness (QED) is 0.308. The van der Waals surface area contributed by atoms with Crippen LogP contribution in [0.5, 0.6) is 5.75 Å². The van der Waals surface area contributed by atoms with Crippen LogP contribution in [-0.4, -0.2) is 11.1 Å². The lowest BCUT2D eigenvalue weighted by Gasteiger charge is -2.29. The second-order valence-electron chi connectivity index (χ2n) is 11.7. The van der Waals surface area contributed by atoms with Gasteiger partial charge in [0.15, 0.2) is 0 Å². The Labute approximate surface area is 198 Å². The number of carbonyl (C=O) groups is 1. The van der Waals surface area contributed by atoms with Crippen molar-refractivity contribution in [1.29, 1.82) is 0 Å². The number of hydrogen-bond acceptors (Lipinski definition) is 3. The first-order valence-electron chi connectivity index (χ1n) is 13.0. The highest BCUT2D eigenvalue weighted by atomic mass is 16.4. The molecule has 3 heteroatoms. The largest absolute Gasteiger partial charge is 0.550 e. The Morgan fingerprint density at radius 3 is 1.59 bits per heavy atom. The fourth-order valence-electron chi connectivity index (χ4n) is 4.42. The van der Waals surface area contributed by atoms with Gasteiger partial charge in [-0.05, 0) is 40.4 Å². The lowest BCUT2D eigenvalue weighted by Crippen LogP contribution is -2.32. The number of carbonyl (C=O) groups excluding carboxylic acids is 1. The number of aromatic hydroxyl groups is 1. The van der Waals surface area contributed by atoms with Crippen LogP contribution < -0.4 is 5.11 Å². The molecular weight excluding hydrogens is 396 g/mol. The molecule has 0 fully saturated rings. The lowest BCUT2D eigenvalue weighted by molar-refractivity contribution is -0.311. The number of phenolic OH excluding ortho intramolecular Hbond substituents is 1. The van der Waals surface area contributed by atoms with Gasteiger partial charge in [0, 0.05) is 11.9 Å². The molecule has 0 amide bonds. The summed E-state index contributed by atoms with van der Waals surface area (Å²) in [4.78, 5) is 11.9. The summed E-state index contributed by atoms with van der Waals surface area (Å²) in [7, 11) is 0. The molecule has 0 aliphatic heterocycles. The molecule has 0 aliphatic rings. The van der Waals surface area contributed by atoms with E-state index >= 15 is 0 Å². The first kappa shape index (κ1) is 28.5. The maximum atomic E-state index is 11.9. The zero-order chi connectivity index (χ0) is 24.4. The maximum absolute atomic E-state index is 11.9. The third-order valence-electron chi connectivity index (χ3n) is 6.51. The summed E-state index contributed by atoms with van der Waals surface area (Å²) < 4.78 is 0. The number of aliphatic carboxylic acids is 1. The van der Waals surface area contributed by atoms with Gasteiger partial charge in [0.05, 0.1) is 0 Å². The molecule has 1 atom stereocenters. The van der Waals surface area contributed by atoms with E-state index in [0.29, 0.717) is 18.6 Å². The minimum Gasteiger partial charge on any atom is -0.550 e. The summed E-state index contributed by atoms with van der Waals surface area (Å²) in [6, 6.07) is 4.00. The summed E-state index contributed by atoms with van der Waals surface area (Å²) in [5.74, 6) is -1.09. The van der Waals surface area contributed by atoms with Crippen LogP contribution in [0.15, 0.2) is 12.1 Å². The Morgan fingerprint density at radius 2 is 1.22 bits per heavy atom. The van der Waals surface area contributed by atoms with Gasteiger partial charge >= 0.3 is 0 Å². The maximum Gasteiger partial charge on any atom is 0.123 e. The normalized spacial score (nSPS) is 13.3. The number of phenols is 1. The molecule has 1 aromatic rings. The number of rotatable bonds is 14. The van der Waals surface area contributed by atoms with Crippen molar-refractivity contribution in [2.45, 2.75) is 136 Å². The van der Waals surface area contributed by atoms with Crippen molar-refractivity contribution in [3.05, 3.63) is 28.8 Å². The topological polar surface area (TPSA) is 60.4 Å². The molecule has 0 saturated carbocycles. The Kier molecular flexibility index (Phi) is 11.8. The molecule has 3 nitrogen and oxygen atoms in total. The van der Waals surface area contributed by atoms with Gasteiger partial charge in [-0.2, -0.15) is 0 Å². The lowest BCUT2D eigenvalue weighted by atomic mass is 9.77. The summed E-state index contributed by atoms with van der Waals surface area (Å²) in [5.41, 5.74) is 2.33. The van der Waals surface area contributed by atoms with Crippen LogP contribution in [0.1, 0.15) is 136 Å². The predicted octanol–water partition coefficient (Wildman–Crippen LogP) is 7.21. The number of benzene rings is 1. The van der Waals surface area contributed by atoms with Crippen molar-refractivity contribution in [2.24, 2.45) is 5.92 Å².